The molecule has 3 aliphatic heterocycles. The number of benzene rings is 3. The fourth-order valence-electron chi connectivity index (χ4n) is 11.0. The van der Waals surface area contributed by atoms with Crippen LogP contribution >= 0.6 is 0 Å². The summed E-state index contributed by atoms with van der Waals surface area (Å²) < 4.78 is 87.2. The molecule has 0 radical (unpaired) electrons. The summed E-state index contributed by atoms with van der Waals surface area (Å²) in [5.41, 5.74) is 2.01. The maximum atomic E-state index is 15.1. The molecule has 0 unspecified atom stereocenters. The zero-order valence-electron chi connectivity index (χ0n) is 63.6. The lowest BCUT2D eigenvalue weighted by atomic mass is 9.97. The molecule has 3 N–H and O–H groups in total. The van der Waals surface area contributed by atoms with Crippen LogP contribution in [0.15, 0.2) is 79.4 Å². The highest BCUT2D eigenvalue weighted by molar-refractivity contribution is 6.74. The summed E-state index contributed by atoms with van der Waals surface area (Å²) in [4.78, 5) is 125. The molecule has 6 rings (SSSR count). The van der Waals surface area contributed by atoms with Crippen molar-refractivity contribution in [3.63, 3.8) is 0 Å². The second-order valence-corrected chi connectivity index (χ2v) is 38.3. The summed E-state index contributed by atoms with van der Waals surface area (Å²) in [6.45, 7) is 37.4. The number of carbonyl (C=O) groups excluding carboxylic acids is 9. The first kappa shape index (κ1) is 84.9. The minimum Gasteiger partial charge on any atom is -0.493 e. The SMILES string of the molecule is C=CCOC(=O)Nc1cc(OCCCCCOc2cc(NC(=O)OCc3ccc(O[C@@H]4O[C@H](C(=O)OC)[C@@H](OC(C)=O)[C@H](OC(C)=O)[C@H]4OC(C)=O)c(C(=O)NCCOC)c3)c(C(=O)N3CC(=C)C[C@H]3CO[Si](C)(C)C(C)(C)C)cc2OC)c(OC)cc1C(=O)N1CC(=C)C[C@H]1CO[Si](C)(C)C(C)(C)C. The highest BCUT2D eigenvalue weighted by Gasteiger charge is 2.56. The monoisotopic (exact) mass is 1500 g/mol. The molecule has 29 nitrogen and oxygen atoms in total. The van der Waals surface area contributed by atoms with E-state index >= 15 is 4.79 Å². The Hall–Kier alpha value is -9.02. The van der Waals surface area contributed by atoms with E-state index in [1.54, 1.807) is 9.80 Å². The molecule has 3 heterocycles. The average molecular weight is 1500 g/mol. The lowest BCUT2D eigenvalue weighted by Gasteiger charge is -2.43. The van der Waals surface area contributed by atoms with Crippen molar-refractivity contribution in [1.29, 1.82) is 0 Å². The molecule has 3 fully saturated rings. The molecule has 578 valence electrons. The Bertz CT molecular complexity index is 3660. The normalized spacial score (nSPS) is 19.0. The lowest BCUT2D eigenvalue weighted by Crippen LogP contribution is -2.64. The quantitative estimate of drug-likeness (QED) is 0.0164. The minimum atomic E-state index is -2.29. The number of unbranched alkanes of at least 4 members (excludes halogenated alkanes) is 2. The number of carbonyl (C=O) groups is 9. The van der Waals surface area contributed by atoms with Crippen LogP contribution in [-0.4, -0.2) is 211 Å². The van der Waals surface area contributed by atoms with Crippen LogP contribution in [0.2, 0.25) is 36.3 Å². The van der Waals surface area contributed by atoms with E-state index in [-0.39, 0.29) is 131 Å². The maximum Gasteiger partial charge on any atom is 0.411 e. The van der Waals surface area contributed by atoms with Crippen molar-refractivity contribution in [1.82, 2.24) is 15.1 Å². The van der Waals surface area contributed by atoms with E-state index in [1.165, 1.54) is 69.9 Å². The second kappa shape index (κ2) is 37.8. The van der Waals surface area contributed by atoms with Crippen LogP contribution in [0.1, 0.15) is 131 Å². The van der Waals surface area contributed by atoms with Crippen LogP contribution in [0.4, 0.5) is 21.0 Å². The van der Waals surface area contributed by atoms with Gasteiger partial charge in [-0.05, 0) is 98.2 Å². The van der Waals surface area contributed by atoms with E-state index in [9.17, 15) is 38.4 Å². The fourth-order valence-corrected chi connectivity index (χ4v) is 13.1. The van der Waals surface area contributed by atoms with Gasteiger partial charge >= 0.3 is 36.1 Å². The Kier molecular flexibility index (Phi) is 30.6. The van der Waals surface area contributed by atoms with E-state index in [0.717, 1.165) is 39.0 Å². The third-order valence-corrected chi connectivity index (χ3v) is 27.6. The first-order valence-corrected chi connectivity index (χ1v) is 40.4. The van der Waals surface area contributed by atoms with Crippen molar-refractivity contribution in [3.05, 3.63) is 102 Å². The molecule has 31 heteroatoms. The number of nitrogens with zero attached hydrogens (tertiary/aromatic N) is 2. The smallest absolute Gasteiger partial charge is 0.411 e. The molecule has 0 aromatic heterocycles. The Morgan fingerprint density at radius 2 is 1.07 bits per heavy atom. The van der Waals surface area contributed by atoms with Gasteiger partial charge in [-0.25, -0.2) is 14.4 Å². The topological polar surface area (TPSA) is 335 Å². The van der Waals surface area contributed by atoms with Crippen molar-refractivity contribution in [3.8, 4) is 28.7 Å². The number of esters is 4. The van der Waals surface area contributed by atoms with Crippen LogP contribution in [0.3, 0.4) is 0 Å². The van der Waals surface area contributed by atoms with E-state index < -0.39 is 108 Å². The summed E-state index contributed by atoms with van der Waals surface area (Å²) in [7, 11) is 0.848. The van der Waals surface area contributed by atoms with Gasteiger partial charge in [-0.15, -0.1) is 0 Å². The van der Waals surface area contributed by atoms with Gasteiger partial charge in [0.25, 0.3) is 17.7 Å². The zero-order valence-corrected chi connectivity index (χ0v) is 65.6. The summed E-state index contributed by atoms with van der Waals surface area (Å²) >= 11 is 0. The molecule has 105 heavy (non-hydrogen) atoms. The maximum absolute atomic E-state index is 15.1. The summed E-state index contributed by atoms with van der Waals surface area (Å²) in [5, 5.41) is 7.97. The Morgan fingerprint density at radius 1 is 0.590 bits per heavy atom. The van der Waals surface area contributed by atoms with Gasteiger partial charge in [-0.2, -0.15) is 0 Å². The minimum absolute atomic E-state index is 0.00772. The molecule has 0 aliphatic carbocycles. The number of hydrogen-bond acceptors (Lipinski definition) is 24. The zero-order chi connectivity index (χ0) is 77.9. The third kappa shape index (κ3) is 23.2. The van der Waals surface area contributed by atoms with Crippen molar-refractivity contribution < 1.29 is 114 Å². The molecular weight excluding hydrogens is 1400 g/mol. The number of nitrogens with one attached hydrogen (secondary N) is 3. The summed E-state index contributed by atoms with van der Waals surface area (Å²) in [6, 6.07) is 9.37. The Morgan fingerprint density at radius 3 is 1.51 bits per heavy atom. The molecule has 5 amide bonds. The van der Waals surface area contributed by atoms with Crippen molar-refractivity contribution in [2.75, 3.05) is 98.3 Å². The van der Waals surface area contributed by atoms with Gasteiger partial charge in [0.1, 0.15) is 19.0 Å². The Labute approximate surface area is 616 Å². The van der Waals surface area contributed by atoms with Gasteiger partial charge < -0.3 is 85.5 Å². The van der Waals surface area contributed by atoms with E-state index in [2.05, 4.69) is 103 Å². The van der Waals surface area contributed by atoms with Gasteiger partial charge in [0.2, 0.25) is 12.4 Å². The first-order chi connectivity index (χ1) is 49.4. The van der Waals surface area contributed by atoms with E-state index in [0.29, 0.717) is 45.3 Å². The molecule has 3 saturated heterocycles. The number of amides is 5. The molecule has 0 spiro atoms. The van der Waals surface area contributed by atoms with Gasteiger partial charge in [0.05, 0.1) is 94.5 Å². The standard InChI is InChI=1S/C74H105N5O24Si2/c1-21-28-95-71(87)76-55-37-60(58(90-14)35-52(55)67(84)78-39-44(2)32-50(78)42-97-104(17,18)73(7,8)9)93-29-23-22-24-30-94-61-38-56(53(36-59(61)91-15)68(85)79-40-45(3)33-51(79)43-98-105(19,20)74(10,11)12)77-72(88)96-41-49-25-26-57(54(34-49)66(83)75-27-31-89-13)102-70-65(101-48(6)82)63(100-47(5)81)62(99-46(4)80)64(103-70)69(86)92-16/h21,25-26,34-38,50-51,62-65,70H,1-3,22-24,27-33,39-43H2,4-20H3,(H,75,83)(H,76,87)(H,77,88)/t50-,51-,62-,63-,64-,65+,70+/m0/s1. The van der Waals surface area contributed by atoms with Crippen molar-refractivity contribution in [2.24, 2.45) is 0 Å². The predicted molar refractivity (Wildman–Crippen MR) is 392 cm³/mol. The van der Waals surface area contributed by atoms with Gasteiger partial charge in [-0.3, -0.25) is 39.4 Å². The predicted octanol–water partition coefficient (Wildman–Crippen LogP) is 10.8. The number of ether oxygens (including phenoxy) is 13. The van der Waals surface area contributed by atoms with E-state index in [4.69, 9.17) is 70.4 Å². The van der Waals surface area contributed by atoms with Crippen LogP contribution in [0.5, 0.6) is 28.7 Å². The van der Waals surface area contributed by atoms with Gasteiger partial charge in [0.15, 0.2) is 57.9 Å². The van der Waals surface area contributed by atoms with Crippen molar-refractivity contribution >= 4 is 81.8 Å². The van der Waals surface area contributed by atoms with E-state index in [1.807, 2.05) is 0 Å². The lowest BCUT2D eigenvalue weighted by molar-refractivity contribution is -0.282. The first-order valence-electron chi connectivity index (χ1n) is 34.6. The van der Waals surface area contributed by atoms with Crippen molar-refractivity contribution in [2.45, 2.75) is 180 Å². The molecule has 0 bridgehead atoms. The average Bonchev–Trinajstić information content (AvgIpc) is 1.39. The van der Waals surface area contributed by atoms with Crippen LogP contribution in [-0.2, 0) is 72.5 Å². The molecule has 0 saturated carbocycles. The summed E-state index contributed by atoms with van der Waals surface area (Å²) in [5.74, 6) is -4.82. The Balaban J connectivity index is 1.24. The van der Waals surface area contributed by atoms with Crippen LogP contribution in [0, 0.1) is 0 Å². The molecule has 7 atom stereocenters. The number of anilines is 2. The number of methoxy groups -OCH3 is 4. The highest BCUT2D eigenvalue weighted by atomic mass is 28.4. The second-order valence-electron chi connectivity index (χ2n) is 28.7. The summed E-state index contributed by atoms with van der Waals surface area (Å²) in [6.07, 6.45) is -6.61. The number of rotatable bonds is 34. The highest BCUT2D eigenvalue weighted by Crippen LogP contribution is 2.42. The molecule has 3 aromatic rings. The number of likely N-dealkylation sites (tertiary alicyclic amines) is 2. The van der Waals surface area contributed by atoms with Gasteiger partial charge in [-0.1, -0.05) is 84.6 Å². The van der Waals surface area contributed by atoms with Crippen LogP contribution in [0.25, 0.3) is 0 Å². The molecular formula is C74H105N5O24Si2. The fraction of sp³-hybridized carbons (Fsp3) is 0.554. The third-order valence-electron chi connectivity index (χ3n) is 18.6. The van der Waals surface area contributed by atoms with Crippen LogP contribution < -0.4 is 39.6 Å². The van der Waals surface area contributed by atoms with Gasteiger partial charge in [0, 0.05) is 59.6 Å². The molecule has 3 aromatic carbocycles. The molecule has 3 aliphatic rings. The largest absolute Gasteiger partial charge is 0.493 e. The number of hydrogen-bond donors (Lipinski definition) is 3.